The number of nitrogens with one attached hydrogen (secondary N) is 1. The standard InChI is InChI=1S/C11H20N2O/c12-10-3-1-2-9(10)7-13-11(14)6-8-4-5-8/h8-10H,1-7,12H2,(H,13,14). The Morgan fingerprint density at radius 3 is 2.64 bits per heavy atom. The van der Waals surface area contributed by atoms with Crippen molar-refractivity contribution in [1.29, 1.82) is 0 Å². The van der Waals surface area contributed by atoms with Gasteiger partial charge in [-0.15, -0.1) is 0 Å². The number of amides is 1. The third-order valence-corrected chi connectivity index (χ3v) is 3.45. The monoisotopic (exact) mass is 196 g/mol. The van der Waals surface area contributed by atoms with Crippen LogP contribution in [-0.2, 0) is 4.79 Å². The van der Waals surface area contributed by atoms with Crippen LogP contribution in [0.15, 0.2) is 0 Å². The molecule has 2 fully saturated rings. The van der Waals surface area contributed by atoms with Crippen LogP contribution >= 0.6 is 0 Å². The van der Waals surface area contributed by atoms with Crippen LogP contribution in [0.5, 0.6) is 0 Å². The smallest absolute Gasteiger partial charge is 0.220 e. The van der Waals surface area contributed by atoms with Crippen LogP contribution in [0.2, 0.25) is 0 Å². The lowest BCUT2D eigenvalue weighted by molar-refractivity contribution is -0.121. The van der Waals surface area contributed by atoms with E-state index in [9.17, 15) is 4.79 Å². The highest BCUT2D eigenvalue weighted by molar-refractivity contribution is 5.76. The van der Waals surface area contributed by atoms with Crippen molar-refractivity contribution in [2.45, 2.75) is 44.6 Å². The van der Waals surface area contributed by atoms with Crippen molar-refractivity contribution in [2.75, 3.05) is 6.54 Å². The van der Waals surface area contributed by atoms with Crippen LogP contribution in [0.1, 0.15) is 38.5 Å². The third kappa shape index (κ3) is 2.71. The average Bonchev–Trinajstić information content (AvgIpc) is 2.86. The van der Waals surface area contributed by atoms with E-state index in [1.807, 2.05) is 0 Å². The highest BCUT2D eigenvalue weighted by Crippen LogP contribution is 2.32. The lowest BCUT2D eigenvalue weighted by Gasteiger charge is -2.15. The summed E-state index contributed by atoms with van der Waals surface area (Å²) in [5.74, 6) is 1.44. The molecule has 0 spiro atoms. The molecule has 2 rings (SSSR count). The molecule has 3 heteroatoms. The molecule has 0 radical (unpaired) electrons. The Kier molecular flexibility index (Phi) is 3.06. The fourth-order valence-corrected chi connectivity index (χ4v) is 2.22. The second-order valence-corrected chi connectivity index (χ2v) is 4.81. The van der Waals surface area contributed by atoms with Gasteiger partial charge in [0.15, 0.2) is 0 Å². The zero-order chi connectivity index (χ0) is 9.97. The minimum Gasteiger partial charge on any atom is -0.356 e. The van der Waals surface area contributed by atoms with Gasteiger partial charge in [0.25, 0.3) is 0 Å². The fraction of sp³-hybridized carbons (Fsp3) is 0.909. The van der Waals surface area contributed by atoms with E-state index in [4.69, 9.17) is 5.73 Å². The van der Waals surface area contributed by atoms with Crippen molar-refractivity contribution in [3.63, 3.8) is 0 Å². The van der Waals surface area contributed by atoms with Crippen molar-refractivity contribution in [2.24, 2.45) is 17.6 Å². The normalized spacial score (nSPS) is 31.8. The van der Waals surface area contributed by atoms with Gasteiger partial charge in [0.2, 0.25) is 5.91 Å². The second kappa shape index (κ2) is 4.30. The molecule has 0 bridgehead atoms. The number of rotatable bonds is 4. The first-order valence-electron chi connectivity index (χ1n) is 5.78. The van der Waals surface area contributed by atoms with Crippen molar-refractivity contribution < 1.29 is 4.79 Å². The van der Waals surface area contributed by atoms with Gasteiger partial charge in [-0.1, -0.05) is 6.42 Å². The zero-order valence-electron chi connectivity index (χ0n) is 8.67. The topological polar surface area (TPSA) is 55.1 Å². The van der Waals surface area contributed by atoms with Gasteiger partial charge < -0.3 is 11.1 Å². The molecule has 0 saturated heterocycles. The van der Waals surface area contributed by atoms with Crippen LogP contribution in [-0.4, -0.2) is 18.5 Å². The summed E-state index contributed by atoms with van der Waals surface area (Å²) in [5.41, 5.74) is 5.93. The van der Waals surface area contributed by atoms with Crippen molar-refractivity contribution in [3.05, 3.63) is 0 Å². The number of hydrogen-bond donors (Lipinski definition) is 2. The molecule has 0 heterocycles. The second-order valence-electron chi connectivity index (χ2n) is 4.81. The first-order valence-corrected chi connectivity index (χ1v) is 5.78. The molecule has 2 saturated carbocycles. The van der Waals surface area contributed by atoms with Crippen LogP contribution in [0.4, 0.5) is 0 Å². The molecule has 80 valence electrons. The summed E-state index contributed by atoms with van der Waals surface area (Å²) in [6.45, 7) is 0.798. The summed E-state index contributed by atoms with van der Waals surface area (Å²) in [5, 5.41) is 3.01. The Hall–Kier alpha value is -0.570. The molecule has 2 aliphatic rings. The van der Waals surface area contributed by atoms with E-state index in [-0.39, 0.29) is 5.91 Å². The number of nitrogens with two attached hydrogens (primary N) is 1. The Morgan fingerprint density at radius 2 is 2.07 bits per heavy atom. The maximum atomic E-state index is 11.4. The van der Waals surface area contributed by atoms with Crippen LogP contribution in [0, 0.1) is 11.8 Å². The van der Waals surface area contributed by atoms with Gasteiger partial charge >= 0.3 is 0 Å². The molecular weight excluding hydrogens is 176 g/mol. The van der Waals surface area contributed by atoms with Crippen molar-refractivity contribution >= 4 is 5.91 Å². The lowest BCUT2D eigenvalue weighted by Crippen LogP contribution is -2.36. The van der Waals surface area contributed by atoms with Gasteiger partial charge in [-0.05, 0) is 37.5 Å². The predicted molar refractivity (Wildman–Crippen MR) is 55.7 cm³/mol. The molecule has 0 aromatic carbocycles. The summed E-state index contributed by atoms with van der Waals surface area (Å²) in [6.07, 6.45) is 6.77. The van der Waals surface area contributed by atoms with Crippen LogP contribution in [0.3, 0.4) is 0 Å². The van der Waals surface area contributed by atoms with Crippen LogP contribution in [0.25, 0.3) is 0 Å². The predicted octanol–water partition coefficient (Wildman–Crippen LogP) is 1.03. The molecule has 2 aliphatic carbocycles. The van der Waals surface area contributed by atoms with Gasteiger partial charge in [0.1, 0.15) is 0 Å². The van der Waals surface area contributed by atoms with Gasteiger partial charge in [-0.3, -0.25) is 4.79 Å². The van der Waals surface area contributed by atoms with E-state index in [1.165, 1.54) is 25.7 Å². The SMILES string of the molecule is NC1CCCC1CNC(=O)CC1CC1. The molecule has 2 atom stereocenters. The maximum absolute atomic E-state index is 11.4. The molecule has 0 aliphatic heterocycles. The van der Waals surface area contributed by atoms with E-state index in [0.717, 1.165) is 19.4 Å². The van der Waals surface area contributed by atoms with E-state index >= 15 is 0 Å². The zero-order valence-corrected chi connectivity index (χ0v) is 8.67. The minimum atomic E-state index is 0.228. The molecule has 1 amide bonds. The van der Waals surface area contributed by atoms with Gasteiger partial charge in [-0.25, -0.2) is 0 Å². The van der Waals surface area contributed by atoms with Crippen LogP contribution < -0.4 is 11.1 Å². The maximum Gasteiger partial charge on any atom is 0.220 e. The fourth-order valence-electron chi connectivity index (χ4n) is 2.22. The molecule has 14 heavy (non-hydrogen) atoms. The average molecular weight is 196 g/mol. The first kappa shape index (κ1) is 9.97. The minimum absolute atomic E-state index is 0.228. The number of hydrogen-bond acceptors (Lipinski definition) is 2. The highest BCUT2D eigenvalue weighted by Gasteiger charge is 2.26. The largest absolute Gasteiger partial charge is 0.356 e. The molecule has 0 aromatic rings. The Balaban J connectivity index is 1.62. The van der Waals surface area contributed by atoms with Gasteiger partial charge in [-0.2, -0.15) is 0 Å². The van der Waals surface area contributed by atoms with Gasteiger partial charge in [0, 0.05) is 19.0 Å². The Labute approximate surface area is 85.4 Å². The summed E-state index contributed by atoms with van der Waals surface area (Å²) in [4.78, 5) is 11.4. The van der Waals surface area contributed by atoms with Crippen molar-refractivity contribution in [3.8, 4) is 0 Å². The Morgan fingerprint density at radius 1 is 1.29 bits per heavy atom. The molecule has 2 unspecified atom stereocenters. The summed E-state index contributed by atoms with van der Waals surface area (Å²) < 4.78 is 0. The third-order valence-electron chi connectivity index (χ3n) is 3.45. The highest BCUT2D eigenvalue weighted by atomic mass is 16.1. The summed E-state index contributed by atoms with van der Waals surface area (Å²) >= 11 is 0. The van der Waals surface area contributed by atoms with Crippen molar-refractivity contribution in [1.82, 2.24) is 5.32 Å². The number of carbonyl (C=O) groups is 1. The molecule has 3 N–H and O–H groups in total. The number of carbonyl (C=O) groups excluding carboxylic acids is 1. The summed E-state index contributed by atoms with van der Waals surface area (Å²) in [7, 11) is 0. The lowest BCUT2D eigenvalue weighted by atomic mass is 10.0. The van der Waals surface area contributed by atoms with E-state index < -0.39 is 0 Å². The van der Waals surface area contributed by atoms with Gasteiger partial charge in [0.05, 0.1) is 0 Å². The van der Waals surface area contributed by atoms with E-state index in [2.05, 4.69) is 5.32 Å². The molecular formula is C11H20N2O. The van der Waals surface area contributed by atoms with E-state index in [1.54, 1.807) is 0 Å². The summed E-state index contributed by atoms with van der Waals surface area (Å²) in [6, 6.07) is 0.316. The quantitative estimate of drug-likeness (QED) is 0.705. The first-order chi connectivity index (χ1) is 6.75. The molecule has 3 nitrogen and oxygen atoms in total. The Bertz CT molecular complexity index is 213. The molecule has 0 aromatic heterocycles. The van der Waals surface area contributed by atoms with E-state index in [0.29, 0.717) is 17.9 Å².